The van der Waals surface area contributed by atoms with E-state index in [4.69, 9.17) is 9.47 Å². The fraction of sp³-hybridized carbons (Fsp3) is 0.414. The fourth-order valence-electron chi connectivity index (χ4n) is 5.26. The van der Waals surface area contributed by atoms with Crippen molar-refractivity contribution < 1.29 is 14.3 Å². The van der Waals surface area contributed by atoms with Crippen LogP contribution in [-0.4, -0.2) is 55.7 Å². The van der Waals surface area contributed by atoms with Gasteiger partial charge in [0.1, 0.15) is 0 Å². The minimum Gasteiger partial charge on any atom is -0.493 e. The number of methoxy groups -OCH3 is 2. The monoisotopic (exact) mass is 460 g/mol. The molecule has 0 radical (unpaired) electrons. The number of carbonyl (C=O) groups is 1. The second-order valence-electron chi connectivity index (χ2n) is 9.24. The molecule has 1 aliphatic heterocycles. The SMILES string of the molecule is CCC(N1CCc2cc(OC)c(OC)cc2CC1=O)N(C)C(C)Cc1cccc2ccccc12. The van der Waals surface area contributed by atoms with Crippen molar-refractivity contribution in [3.05, 3.63) is 71.3 Å². The second-order valence-corrected chi connectivity index (χ2v) is 9.24. The van der Waals surface area contributed by atoms with Crippen molar-refractivity contribution >= 4 is 16.7 Å². The number of hydrogen-bond acceptors (Lipinski definition) is 4. The first-order chi connectivity index (χ1) is 16.5. The highest BCUT2D eigenvalue weighted by atomic mass is 16.5. The van der Waals surface area contributed by atoms with Gasteiger partial charge in [0.05, 0.1) is 26.8 Å². The number of benzene rings is 3. The van der Waals surface area contributed by atoms with E-state index >= 15 is 0 Å². The zero-order valence-corrected chi connectivity index (χ0v) is 21.0. The molecule has 0 N–H and O–H groups in total. The van der Waals surface area contributed by atoms with Crippen LogP contribution in [0.3, 0.4) is 0 Å². The summed E-state index contributed by atoms with van der Waals surface area (Å²) in [5.74, 6) is 1.56. The van der Waals surface area contributed by atoms with Crippen LogP contribution >= 0.6 is 0 Å². The predicted molar refractivity (Wildman–Crippen MR) is 138 cm³/mol. The van der Waals surface area contributed by atoms with Crippen LogP contribution in [0.5, 0.6) is 11.5 Å². The molecule has 0 aliphatic carbocycles. The largest absolute Gasteiger partial charge is 0.493 e. The van der Waals surface area contributed by atoms with Crippen molar-refractivity contribution in [3.63, 3.8) is 0 Å². The first-order valence-corrected chi connectivity index (χ1v) is 12.2. The summed E-state index contributed by atoms with van der Waals surface area (Å²) in [4.78, 5) is 17.9. The summed E-state index contributed by atoms with van der Waals surface area (Å²) < 4.78 is 11.0. The van der Waals surface area contributed by atoms with Gasteiger partial charge in [-0.15, -0.1) is 0 Å². The van der Waals surface area contributed by atoms with Gasteiger partial charge in [0.2, 0.25) is 5.91 Å². The number of nitrogens with zero attached hydrogens (tertiary/aromatic N) is 2. The van der Waals surface area contributed by atoms with Gasteiger partial charge in [0.15, 0.2) is 11.5 Å². The predicted octanol–water partition coefficient (Wildman–Crippen LogP) is 5.08. The topological polar surface area (TPSA) is 42.0 Å². The average Bonchev–Trinajstić information content (AvgIpc) is 3.01. The Morgan fingerprint density at radius 2 is 1.68 bits per heavy atom. The molecular weight excluding hydrogens is 424 g/mol. The number of rotatable bonds is 8. The molecule has 0 bridgehead atoms. The van der Waals surface area contributed by atoms with Gasteiger partial charge in [-0.1, -0.05) is 49.4 Å². The second kappa shape index (κ2) is 10.5. The van der Waals surface area contributed by atoms with Gasteiger partial charge in [-0.25, -0.2) is 0 Å². The van der Waals surface area contributed by atoms with Crippen molar-refractivity contribution in [3.8, 4) is 11.5 Å². The van der Waals surface area contributed by atoms with Crippen LogP contribution in [0, 0.1) is 0 Å². The molecule has 2 atom stereocenters. The van der Waals surface area contributed by atoms with Crippen LogP contribution in [0.15, 0.2) is 54.6 Å². The standard InChI is InChI=1S/C29H36N2O3/c1-6-28(30(3)20(2)16-23-12-9-11-21-10-7-8-13-25(21)23)31-15-14-22-17-26(33-4)27(34-5)18-24(22)19-29(31)32/h7-13,17-18,20,28H,6,14-16,19H2,1-5H3. The van der Waals surface area contributed by atoms with Crippen molar-refractivity contribution in [1.82, 2.24) is 9.80 Å². The van der Waals surface area contributed by atoms with E-state index in [2.05, 4.69) is 73.2 Å². The van der Waals surface area contributed by atoms with Crippen LogP contribution in [0.2, 0.25) is 0 Å². The molecule has 0 saturated heterocycles. The number of ether oxygens (including phenoxy) is 2. The van der Waals surface area contributed by atoms with Gasteiger partial charge in [-0.2, -0.15) is 0 Å². The summed E-state index contributed by atoms with van der Waals surface area (Å²) in [7, 11) is 5.44. The third-order valence-electron chi connectivity index (χ3n) is 7.28. The molecule has 0 fully saturated rings. The molecule has 5 heteroatoms. The lowest BCUT2D eigenvalue weighted by Crippen LogP contribution is -2.53. The van der Waals surface area contributed by atoms with E-state index in [1.54, 1.807) is 14.2 Å². The average molecular weight is 461 g/mol. The van der Waals surface area contributed by atoms with Crippen LogP contribution in [0.4, 0.5) is 0 Å². The molecule has 0 spiro atoms. The molecule has 2 unspecified atom stereocenters. The molecule has 34 heavy (non-hydrogen) atoms. The van der Waals surface area contributed by atoms with Gasteiger partial charge in [-0.05, 0) is 72.8 Å². The Hall–Kier alpha value is -3.05. The molecule has 1 amide bonds. The zero-order valence-electron chi connectivity index (χ0n) is 21.0. The lowest BCUT2D eigenvalue weighted by Gasteiger charge is -2.40. The van der Waals surface area contributed by atoms with Crippen molar-refractivity contribution in [2.45, 2.75) is 51.7 Å². The van der Waals surface area contributed by atoms with Gasteiger partial charge in [-0.3, -0.25) is 9.69 Å². The first kappa shape index (κ1) is 24.1. The number of likely N-dealkylation sites (N-methyl/N-ethyl adjacent to an activating group) is 1. The molecule has 4 rings (SSSR count). The Morgan fingerprint density at radius 1 is 1.00 bits per heavy atom. The van der Waals surface area contributed by atoms with Crippen LogP contribution in [0.1, 0.15) is 37.0 Å². The Morgan fingerprint density at radius 3 is 2.38 bits per heavy atom. The smallest absolute Gasteiger partial charge is 0.228 e. The lowest BCUT2D eigenvalue weighted by molar-refractivity contribution is -0.137. The molecular formula is C29H36N2O3. The summed E-state index contributed by atoms with van der Waals surface area (Å²) in [5, 5.41) is 2.58. The van der Waals surface area contributed by atoms with Gasteiger partial charge in [0, 0.05) is 12.6 Å². The summed E-state index contributed by atoms with van der Waals surface area (Å²) >= 11 is 0. The van der Waals surface area contributed by atoms with Crippen molar-refractivity contribution in [2.75, 3.05) is 27.8 Å². The first-order valence-electron chi connectivity index (χ1n) is 12.2. The van der Waals surface area contributed by atoms with E-state index in [0.717, 1.165) is 36.1 Å². The van der Waals surface area contributed by atoms with Gasteiger partial charge < -0.3 is 14.4 Å². The summed E-state index contributed by atoms with van der Waals surface area (Å²) in [6, 6.07) is 19.4. The van der Waals surface area contributed by atoms with Crippen LogP contribution in [-0.2, 0) is 24.1 Å². The van der Waals surface area contributed by atoms with E-state index in [1.165, 1.54) is 16.3 Å². The Bertz CT molecular complexity index is 1150. The molecule has 1 heterocycles. The maximum atomic E-state index is 13.4. The van der Waals surface area contributed by atoms with E-state index in [9.17, 15) is 4.79 Å². The van der Waals surface area contributed by atoms with Crippen molar-refractivity contribution in [2.24, 2.45) is 0 Å². The maximum Gasteiger partial charge on any atom is 0.228 e. The molecule has 5 nitrogen and oxygen atoms in total. The maximum absolute atomic E-state index is 13.4. The number of fused-ring (bicyclic) bond motifs is 2. The number of carbonyl (C=O) groups excluding carboxylic acids is 1. The number of hydrogen-bond donors (Lipinski definition) is 0. The van der Waals surface area contributed by atoms with E-state index in [1.807, 2.05) is 12.1 Å². The Balaban J connectivity index is 1.53. The lowest BCUT2D eigenvalue weighted by atomic mass is 9.98. The Labute approximate surface area is 203 Å². The quantitative estimate of drug-likeness (QED) is 0.470. The minimum atomic E-state index is 0.0515. The minimum absolute atomic E-state index is 0.0515. The number of amides is 1. The highest BCUT2D eigenvalue weighted by molar-refractivity contribution is 5.85. The van der Waals surface area contributed by atoms with E-state index < -0.39 is 0 Å². The molecule has 3 aromatic rings. The normalized spacial score (nSPS) is 15.7. The molecule has 0 aromatic heterocycles. The highest BCUT2D eigenvalue weighted by Gasteiger charge is 2.31. The Kier molecular flexibility index (Phi) is 7.42. The van der Waals surface area contributed by atoms with Crippen molar-refractivity contribution in [1.29, 1.82) is 0 Å². The molecule has 180 valence electrons. The van der Waals surface area contributed by atoms with Crippen LogP contribution in [0.25, 0.3) is 10.8 Å². The van der Waals surface area contributed by atoms with Gasteiger partial charge >= 0.3 is 0 Å². The summed E-state index contributed by atoms with van der Waals surface area (Å²) in [6.45, 7) is 5.13. The third kappa shape index (κ3) is 4.76. The zero-order chi connectivity index (χ0) is 24.2. The van der Waals surface area contributed by atoms with E-state index in [-0.39, 0.29) is 18.1 Å². The molecule has 1 aliphatic rings. The third-order valence-corrected chi connectivity index (χ3v) is 7.28. The van der Waals surface area contributed by atoms with E-state index in [0.29, 0.717) is 18.7 Å². The fourth-order valence-corrected chi connectivity index (χ4v) is 5.26. The molecule has 3 aromatic carbocycles. The van der Waals surface area contributed by atoms with Gasteiger partial charge in [0.25, 0.3) is 0 Å². The molecule has 0 saturated carbocycles. The summed E-state index contributed by atoms with van der Waals surface area (Å²) in [6.07, 6.45) is 3.06. The highest BCUT2D eigenvalue weighted by Crippen LogP contribution is 2.33. The summed E-state index contributed by atoms with van der Waals surface area (Å²) in [5.41, 5.74) is 3.54. The van der Waals surface area contributed by atoms with Crippen LogP contribution < -0.4 is 9.47 Å².